The lowest BCUT2D eigenvalue weighted by Gasteiger charge is -2.38. The number of aromatic nitrogens is 2. The normalized spacial score (nSPS) is 21.7. The lowest BCUT2D eigenvalue weighted by Crippen LogP contribution is -2.51. The van der Waals surface area contributed by atoms with Gasteiger partial charge in [0.25, 0.3) is 5.56 Å². The number of aromatic amines is 1. The molecule has 0 aliphatic carbocycles. The Labute approximate surface area is 128 Å². The van der Waals surface area contributed by atoms with Crippen molar-refractivity contribution in [3.63, 3.8) is 0 Å². The molecule has 2 rings (SSSR count). The zero-order chi connectivity index (χ0) is 14.7. The van der Waals surface area contributed by atoms with Crippen molar-refractivity contribution in [2.45, 2.75) is 32.4 Å². The average molecular weight is 317 g/mol. The minimum atomic E-state index is -0.569. The molecule has 0 saturated carbocycles. The summed E-state index contributed by atoms with van der Waals surface area (Å²) in [5.74, 6) is 0.421. The molecule has 2 heterocycles. The summed E-state index contributed by atoms with van der Waals surface area (Å²) in [6, 6.07) is 1.26. The number of nitrogens with one attached hydrogen (secondary N) is 1. The molecule has 1 fully saturated rings. The first-order chi connectivity index (χ1) is 9.51. The Hall–Kier alpha value is -1.60. The van der Waals surface area contributed by atoms with Gasteiger partial charge in [0.1, 0.15) is 6.54 Å². The molecule has 1 aliphatic heterocycles. The smallest absolute Gasteiger partial charge is 0.328 e. The van der Waals surface area contributed by atoms with Gasteiger partial charge in [0, 0.05) is 31.4 Å². The quantitative estimate of drug-likeness (QED) is 0.788. The van der Waals surface area contributed by atoms with Crippen molar-refractivity contribution in [2.75, 3.05) is 13.1 Å². The molecule has 1 saturated heterocycles. The first-order valence-corrected chi connectivity index (χ1v) is 6.80. The summed E-state index contributed by atoms with van der Waals surface area (Å²) >= 11 is 0. The van der Waals surface area contributed by atoms with Crippen LogP contribution < -0.4 is 17.0 Å². The van der Waals surface area contributed by atoms with Crippen molar-refractivity contribution >= 4 is 18.3 Å². The standard InChI is InChI=1S/C13H20N4O3.ClH/c1-9-2-5-17(10(6-9)7-14)12(19)8-16-4-3-11(18)15-13(16)20;/h3-4,9-10H,2,5-8,14H2,1H3,(H,15,18,20);1H. The summed E-state index contributed by atoms with van der Waals surface area (Å²) in [4.78, 5) is 38.7. The van der Waals surface area contributed by atoms with E-state index in [1.54, 1.807) is 4.90 Å². The summed E-state index contributed by atoms with van der Waals surface area (Å²) in [5.41, 5.74) is 4.69. The average Bonchev–Trinajstić information content (AvgIpc) is 2.41. The summed E-state index contributed by atoms with van der Waals surface area (Å²) in [7, 11) is 0. The molecule has 1 aromatic heterocycles. The zero-order valence-corrected chi connectivity index (χ0v) is 12.8. The van der Waals surface area contributed by atoms with E-state index in [1.165, 1.54) is 16.8 Å². The fraction of sp³-hybridized carbons (Fsp3) is 0.615. The van der Waals surface area contributed by atoms with E-state index in [1.807, 2.05) is 0 Å². The molecule has 0 aromatic carbocycles. The third kappa shape index (κ3) is 4.18. The molecule has 0 radical (unpaired) electrons. The van der Waals surface area contributed by atoms with E-state index >= 15 is 0 Å². The highest BCUT2D eigenvalue weighted by atomic mass is 35.5. The van der Waals surface area contributed by atoms with Crippen molar-refractivity contribution in [3.8, 4) is 0 Å². The molecule has 2 unspecified atom stereocenters. The number of piperidine rings is 1. The van der Waals surface area contributed by atoms with Crippen LogP contribution in [0.1, 0.15) is 19.8 Å². The van der Waals surface area contributed by atoms with E-state index in [4.69, 9.17) is 5.73 Å². The summed E-state index contributed by atoms with van der Waals surface area (Å²) in [6.07, 6.45) is 3.18. The minimum Gasteiger partial charge on any atom is -0.337 e. The van der Waals surface area contributed by atoms with Gasteiger partial charge in [-0.15, -0.1) is 12.4 Å². The molecule has 21 heavy (non-hydrogen) atoms. The lowest BCUT2D eigenvalue weighted by atomic mass is 9.92. The SMILES string of the molecule is CC1CCN(C(=O)Cn2ccc(=O)[nH]c2=O)C(CN)C1.Cl. The monoisotopic (exact) mass is 316 g/mol. The Morgan fingerprint density at radius 3 is 2.81 bits per heavy atom. The van der Waals surface area contributed by atoms with E-state index in [0.29, 0.717) is 19.0 Å². The number of nitrogens with two attached hydrogens (primary N) is 1. The molecule has 2 atom stereocenters. The number of hydrogen-bond donors (Lipinski definition) is 2. The van der Waals surface area contributed by atoms with E-state index < -0.39 is 11.2 Å². The Bertz CT molecular complexity index is 598. The molecular formula is C13H21ClN4O3. The number of carbonyl (C=O) groups is 1. The highest BCUT2D eigenvalue weighted by molar-refractivity contribution is 5.85. The molecule has 1 aliphatic rings. The predicted octanol–water partition coefficient (Wildman–Crippen LogP) is -0.456. The predicted molar refractivity (Wildman–Crippen MR) is 81.5 cm³/mol. The largest absolute Gasteiger partial charge is 0.337 e. The molecule has 7 nitrogen and oxygen atoms in total. The molecule has 0 spiro atoms. The summed E-state index contributed by atoms with van der Waals surface area (Å²) < 4.78 is 1.20. The van der Waals surface area contributed by atoms with E-state index in [9.17, 15) is 14.4 Å². The van der Waals surface area contributed by atoms with Crippen molar-refractivity contribution in [3.05, 3.63) is 33.1 Å². The Morgan fingerprint density at radius 2 is 2.19 bits per heavy atom. The fourth-order valence-electron chi connectivity index (χ4n) is 2.61. The van der Waals surface area contributed by atoms with Crippen LogP contribution in [0.5, 0.6) is 0 Å². The van der Waals surface area contributed by atoms with Crippen LogP contribution in [0.3, 0.4) is 0 Å². The van der Waals surface area contributed by atoms with Gasteiger partial charge >= 0.3 is 5.69 Å². The van der Waals surface area contributed by atoms with E-state index in [-0.39, 0.29) is 30.9 Å². The first kappa shape index (κ1) is 17.5. The van der Waals surface area contributed by atoms with Crippen LogP contribution in [-0.4, -0.2) is 39.5 Å². The maximum absolute atomic E-state index is 12.3. The Kier molecular flexibility index (Phi) is 6.17. The molecule has 0 bridgehead atoms. The molecule has 1 aromatic rings. The highest BCUT2D eigenvalue weighted by Gasteiger charge is 2.28. The van der Waals surface area contributed by atoms with Crippen LogP contribution in [0.15, 0.2) is 21.9 Å². The van der Waals surface area contributed by atoms with E-state index in [2.05, 4.69) is 11.9 Å². The van der Waals surface area contributed by atoms with Crippen LogP contribution in [0, 0.1) is 5.92 Å². The summed E-state index contributed by atoms with van der Waals surface area (Å²) in [6.45, 7) is 3.17. The van der Waals surface area contributed by atoms with Crippen molar-refractivity contribution in [1.82, 2.24) is 14.5 Å². The fourth-order valence-corrected chi connectivity index (χ4v) is 2.61. The van der Waals surface area contributed by atoms with Gasteiger partial charge in [0.05, 0.1) is 0 Å². The topological polar surface area (TPSA) is 101 Å². The molecule has 118 valence electrons. The van der Waals surface area contributed by atoms with E-state index in [0.717, 1.165) is 12.8 Å². The van der Waals surface area contributed by atoms with Crippen LogP contribution in [0.25, 0.3) is 0 Å². The number of halogens is 1. The zero-order valence-electron chi connectivity index (χ0n) is 11.9. The van der Waals surface area contributed by atoms with Crippen LogP contribution >= 0.6 is 12.4 Å². The molecule has 8 heteroatoms. The third-order valence-electron chi connectivity index (χ3n) is 3.77. The van der Waals surface area contributed by atoms with Gasteiger partial charge in [-0.3, -0.25) is 19.1 Å². The molecule has 3 N–H and O–H groups in total. The third-order valence-corrected chi connectivity index (χ3v) is 3.77. The number of likely N-dealkylation sites (tertiary alicyclic amines) is 1. The van der Waals surface area contributed by atoms with Crippen molar-refractivity contribution in [1.29, 1.82) is 0 Å². The van der Waals surface area contributed by atoms with Gasteiger partial charge in [-0.25, -0.2) is 4.79 Å². The number of carbonyl (C=O) groups excluding carboxylic acids is 1. The second-order valence-corrected chi connectivity index (χ2v) is 5.34. The van der Waals surface area contributed by atoms with Gasteiger partial charge in [0.15, 0.2) is 0 Å². The van der Waals surface area contributed by atoms with Gasteiger partial charge in [0.2, 0.25) is 5.91 Å². The van der Waals surface area contributed by atoms with Crippen molar-refractivity contribution in [2.24, 2.45) is 11.7 Å². The molecular weight excluding hydrogens is 296 g/mol. The Balaban J connectivity index is 0.00000220. The van der Waals surface area contributed by atoms with Crippen molar-refractivity contribution < 1.29 is 4.79 Å². The number of nitrogens with zero attached hydrogens (tertiary/aromatic N) is 2. The maximum atomic E-state index is 12.3. The van der Waals surface area contributed by atoms with Gasteiger partial charge in [-0.05, 0) is 18.8 Å². The second-order valence-electron chi connectivity index (χ2n) is 5.34. The minimum absolute atomic E-state index is 0. The van der Waals surface area contributed by atoms with Gasteiger partial charge in [-0.2, -0.15) is 0 Å². The second kappa shape index (κ2) is 7.42. The Morgan fingerprint density at radius 1 is 1.48 bits per heavy atom. The first-order valence-electron chi connectivity index (χ1n) is 6.80. The number of amides is 1. The number of H-pyrrole nitrogens is 1. The van der Waals surface area contributed by atoms with Crippen LogP contribution in [0.4, 0.5) is 0 Å². The van der Waals surface area contributed by atoms with Crippen LogP contribution in [0.2, 0.25) is 0 Å². The lowest BCUT2D eigenvalue weighted by molar-refractivity contribution is -0.136. The molecule has 1 amide bonds. The van der Waals surface area contributed by atoms with Gasteiger partial charge in [-0.1, -0.05) is 6.92 Å². The number of hydrogen-bond acceptors (Lipinski definition) is 4. The van der Waals surface area contributed by atoms with Gasteiger partial charge < -0.3 is 10.6 Å². The highest BCUT2D eigenvalue weighted by Crippen LogP contribution is 2.22. The summed E-state index contributed by atoms with van der Waals surface area (Å²) in [5, 5.41) is 0. The number of rotatable bonds is 3. The van der Waals surface area contributed by atoms with Crippen LogP contribution in [-0.2, 0) is 11.3 Å². The maximum Gasteiger partial charge on any atom is 0.328 e.